The molecule has 7 heteroatoms. The van der Waals surface area contributed by atoms with Gasteiger partial charge in [-0.15, -0.1) is 11.6 Å². The van der Waals surface area contributed by atoms with Gasteiger partial charge >= 0.3 is 0 Å². The summed E-state index contributed by atoms with van der Waals surface area (Å²) >= 11 is 12.0. The van der Waals surface area contributed by atoms with Gasteiger partial charge in [0.1, 0.15) is 5.75 Å². The lowest BCUT2D eigenvalue weighted by atomic mass is 10.3. The molecule has 88 valence electrons. The average molecular weight is 373 g/mol. The van der Waals surface area contributed by atoms with Gasteiger partial charge < -0.3 is 4.74 Å². The van der Waals surface area contributed by atoms with E-state index in [4.69, 9.17) is 16.3 Å². The minimum Gasteiger partial charge on any atom is -0.491 e. The van der Waals surface area contributed by atoms with Crippen LogP contribution < -0.4 is 4.74 Å². The first-order chi connectivity index (χ1) is 7.56. The molecule has 4 nitrogen and oxygen atoms in total. The smallest absolute Gasteiger partial charge is 0.271 e. The highest BCUT2D eigenvalue weighted by Crippen LogP contribution is 2.37. The summed E-state index contributed by atoms with van der Waals surface area (Å²) < 4.78 is 6.53. The Morgan fingerprint density at radius 2 is 1.94 bits per heavy atom. The predicted octanol–water partition coefficient (Wildman–Crippen LogP) is 4.13. The molecule has 0 saturated carbocycles. The van der Waals surface area contributed by atoms with Crippen molar-refractivity contribution in [3.63, 3.8) is 0 Å². The molecule has 0 aliphatic carbocycles. The average Bonchev–Trinajstić information content (AvgIpc) is 2.21. The molecule has 0 amide bonds. The Kier molecular flexibility index (Phi) is 5.51. The lowest BCUT2D eigenvalue weighted by Gasteiger charge is -2.09. The molecule has 0 aliphatic heterocycles. The molecular formula is C9H8Br2ClNO3. The molecule has 0 radical (unpaired) electrons. The number of ether oxygens (including phenoxy) is 1. The van der Waals surface area contributed by atoms with Gasteiger partial charge in [-0.3, -0.25) is 10.1 Å². The molecule has 16 heavy (non-hydrogen) atoms. The third-order valence-electron chi connectivity index (χ3n) is 1.72. The Morgan fingerprint density at radius 1 is 1.38 bits per heavy atom. The summed E-state index contributed by atoms with van der Waals surface area (Å²) in [6.45, 7) is 0.471. The fraction of sp³-hybridized carbons (Fsp3) is 0.333. The van der Waals surface area contributed by atoms with Crippen molar-refractivity contribution in [2.24, 2.45) is 0 Å². The molecule has 0 aromatic heterocycles. The van der Waals surface area contributed by atoms with Crippen LogP contribution in [0, 0.1) is 10.1 Å². The largest absolute Gasteiger partial charge is 0.491 e. The van der Waals surface area contributed by atoms with Gasteiger partial charge in [-0.1, -0.05) is 0 Å². The van der Waals surface area contributed by atoms with Crippen LogP contribution in [-0.2, 0) is 0 Å². The molecule has 0 saturated heterocycles. The van der Waals surface area contributed by atoms with E-state index in [0.717, 1.165) is 6.42 Å². The summed E-state index contributed by atoms with van der Waals surface area (Å²) in [6.07, 6.45) is 0.720. The number of alkyl halides is 1. The van der Waals surface area contributed by atoms with Gasteiger partial charge in [0.2, 0.25) is 0 Å². The van der Waals surface area contributed by atoms with Crippen LogP contribution in [0.2, 0.25) is 0 Å². The highest BCUT2D eigenvalue weighted by Gasteiger charge is 2.14. The monoisotopic (exact) mass is 371 g/mol. The van der Waals surface area contributed by atoms with Crippen LogP contribution in [0.3, 0.4) is 0 Å². The lowest BCUT2D eigenvalue weighted by molar-refractivity contribution is -0.385. The first-order valence-electron chi connectivity index (χ1n) is 4.38. The predicted molar refractivity (Wildman–Crippen MR) is 69.3 cm³/mol. The standard InChI is InChI=1S/C9H8Br2ClNO3/c10-7-4-6(13(14)15)5-8(11)9(7)16-3-1-2-12/h4-5H,1-3H2. The van der Waals surface area contributed by atoms with Crippen molar-refractivity contribution in [2.45, 2.75) is 6.42 Å². The number of halogens is 3. The Bertz CT molecular complexity index is 377. The maximum Gasteiger partial charge on any atom is 0.271 e. The van der Waals surface area contributed by atoms with Crippen molar-refractivity contribution in [1.29, 1.82) is 0 Å². The fourth-order valence-electron chi connectivity index (χ4n) is 1.02. The third-order valence-corrected chi connectivity index (χ3v) is 3.16. The van der Waals surface area contributed by atoms with Gasteiger partial charge in [0.15, 0.2) is 0 Å². The lowest BCUT2D eigenvalue weighted by Crippen LogP contribution is -2.00. The van der Waals surface area contributed by atoms with Crippen LogP contribution in [0.1, 0.15) is 6.42 Å². The van der Waals surface area contributed by atoms with Gasteiger partial charge in [0, 0.05) is 18.0 Å². The van der Waals surface area contributed by atoms with Crippen LogP contribution >= 0.6 is 43.5 Å². The van der Waals surface area contributed by atoms with Crippen LogP contribution in [0.4, 0.5) is 5.69 Å². The second-order valence-electron chi connectivity index (χ2n) is 2.89. The molecule has 0 fully saturated rings. The van der Waals surface area contributed by atoms with E-state index in [1.54, 1.807) is 0 Å². The number of nitro benzene ring substituents is 1. The summed E-state index contributed by atoms with van der Waals surface area (Å²) in [5.74, 6) is 1.07. The van der Waals surface area contributed by atoms with E-state index in [2.05, 4.69) is 31.9 Å². The Labute approximate surface area is 114 Å². The van der Waals surface area contributed by atoms with E-state index < -0.39 is 4.92 Å². The molecule has 0 unspecified atom stereocenters. The molecule has 1 aromatic rings. The highest BCUT2D eigenvalue weighted by molar-refractivity contribution is 9.11. The number of non-ortho nitro benzene ring substituents is 1. The van der Waals surface area contributed by atoms with E-state index in [1.807, 2.05) is 0 Å². The number of rotatable bonds is 5. The van der Waals surface area contributed by atoms with Crippen molar-refractivity contribution < 1.29 is 9.66 Å². The fourth-order valence-corrected chi connectivity index (χ4v) is 2.52. The van der Waals surface area contributed by atoms with Crippen molar-refractivity contribution >= 4 is 49.1 Å². The zero-order valence-electron chi connectivity index (χ0n) is 8.08. The van der Waals surface area contributed by atoms with Crippen molar-refractivity contribution in [1.82, 2.24) is 0 Å². The van der Waals surface area contributed by atoms with E-state index in [-0.39, 0.29) is 5.69 Å². The summed E-state index contributed by atoms with van der Waals surface area (Å²) in [7, 11) is 0. The topological polar surface area (TPSA) is 52.4 Å². The Hall–Kier alpha value is -0.330. The minimum atomic E-state index is -0.460. The SMILES string of the molecule is O=[N+]([O-])c1cc(Br)c(OCCCCl)c(Br)c1. The zero-order valence-corrected chi connectivity index (χ0v) is 12.0. The van der Waals surface area contributed by atoms with Gasteiger partial charge in [-0.05, 0) is 38.3 Å². The summed E-state index contributed by atoms with van der Waals surface area (Å²) in [4.78, 5) is 10.1. The van der Waals surface area contributed by atoms with Gasteiger partial charge in [0.25, 0.3) is 5.69 Å². The van der Waals surface area contributed by atoms with E-state index in [1.165, 1.54) is 12.1 Å². The van der Waals surface area contributed by atoms with E-state index in [0.29, 0.717) is 27.2 Å². The molecular weight excluding hydrogens is 365 g/mol. The van der Waals surface area contributed by atoms with Crippen molar-refractivity contribution in [2.75, 3.05) is 12.5 Å². The van der Waals surface area contributed by atoms with Crippen LogP contribution in [0.25, 0.3) is 0 Å². The first-order valence-corrected chi connectivity index (χ1v) is 6.50. The van der Waals surface area contributed by atoms with Gasteiger partial charge in [-0.25, -0.2) is 0 Å². The Morgan fingerprint density at radius 3 is 2.38 bits per heavy atom. The molecule has 1 aromatic carbocycles. The highest BCUT2D eigenvalue weighted by atomic mass is 79.9. The Balaban J connectivity index is 2.89. The van der Waals surface area contributed by atoms with E-state index >= 15 is 0 Å². The number of benzene rings is 1. The van der Waals surface area contributed by atoms with Crippen LogP contribution in [-0.4, -0.2) is 17.4 Å². The molecule has 0 aliphatic rings. The third kappa shape index (κ3) is 3.61. The molecule has 0 heterocycles. The summed E-state index contributed by atoms with van der Waals surface area (Å²) in [5, 5.41) is 10.6. The van der Waals surface area contributed by atoms with Crippen LogP contribution in [0.15, 0.2) is 21.1 Å². The second kappa shape index (κ2) is 6.42. The van der Waals surface area contributed by atoms with Crippen LogP contribution in [0.5, 0.6) is 5.75 Å². The molecule has 0 N–H and O–H groups in total. The maximum absolute atomic E-state index is 10.6. The number of nitro groups is 1. The normalized spacial score (nSPS) is 10.2. The minimum absolute atomic E-state index is 0.00319. The molecule has 0 atom stereocenters. The second-order valence-corrected chi connectivity index (χ2v) is 4.97. The van der Waals surface area contributed by atoms with Gasteiger partial charge in [0.05, 0.1) is 20.5 Å². The van der Waals surface area contributed by atoms with Crippen molar-refractivity contribution in [3.05, 3.63) is 31.2 Å². The number of nitrogens with zero attached hydrogens (tertiary/aromatic N) is 1. The number of hydrogen-bond donors (Lipinski definition) is 0. The number of hydrogen-bond acceptors (Lipinski definition) is 3. The van der Waals surface area contributed by atoms with E-state index in [9.17, 15) is 10.1 Å². The summed E-state index contributed by atoms with van der Waals surface area (Å²) in [6, 6.07) is 2.81. The maximum atomic E-state index is 10.6. The first kappa shape index (κ1) is 13.7. The quantitative estimate of drug-likeness (QED) is 0.338. The molecule has 0 bridgehead atoms. The van der Waals surface area contributed by atoms with Gasteiger partial charge in [-0.2, -0.15) is 0 Å². The zero-order chi connectivity index (χ0) is 12.1. The molecule has 0 spiro atoms. The molecule has 1 rings (SSSR count). The summed E-state index contributed by atoms with van der Waals surface area (Å²) in [5.41, 5.74) is 0.00319. The van der Waals surface area contributed by atoms with Crippen molar-refractivity contribution in [3.8, 4) is 5.75 Å².